The third-order valence-corrected chi connectivity index (χ3v) is 2.87. The van der Waals surface area contributed by atoms with E-state index in [-0.39, 0.29) is 12.5 Å². The maximum atomic E-state index is 12.0. The molecule has 0 saturated carbocycles. The highest BCUT2D eigenvalue weighted by molar-refractivity contribution is 5.92. The summed E-state index contributed by atoms with van der Waals surface area (Å²) in [5, 5.41) is 11.6. The van der Waals surface area contributed by atoms with E-state index in [9.17, 15) is 4.79 Å². The van der Waals surface area contributed by atoms with Crippen LogP contribution in [0.1, 0.15) is 5.56 Å². The van der Waals surface area contributed by atoms with Crippen LogP contribution in [0.2, 0.25) is 0 Å². The quantitative estimate of drug-likeness (QED) is 0.737. The van der Waals surface area contributed by atoms with Crippen LogP contribution in [0.4, 0.5) is 5.69 Å². The van der Waals surface area contributed by atoms with E-state index in [1.165, 1.54) is 0 Å². The zero-order valence-corrected chi connectivity index (χ0v) is 12.5. The number of carbonyl (C=O) groups excluding carboxylic acids is 1. The van der Waals surface area contributed by atoms with Crippen LogP contribution in [0.25, 0.3) is 0 Å². The third kappa shape index (κ3) is 6.86. The number of hydrogen-bond acceptors (Lipinski definition) is 5. The van der Waals surface area contributed by atoms with Crippen molar-refractivity contribution in [3.63, 3.8) is 0 Å². The minimum atomic E-state index is -0.128. The van der Waals surface area contributed by atoms with E-state index in [1.54, 1.807) is 38.5 Å². The summed E-state index contributed by atoms with van der Waals surface area (Å²) in [6.07, 6.45) is 0. The lowest BCUT2D eigenvalue weighted by atomic mass is 10.2. The minimum Gasteiger partial charge on any atom is -0.383 e. The van der Waals surface area contributed by atoms with Gasteiger partial charge in [0.05, 0.1) is 31.4 Å². The number of carbonyl (C=O) groups is 1. The molecule has 0 unspecified atom stereocenters. The molecule has 0 heterocycles. The molecular formula is C15H21N3O3. The van der Waals surface area contributed by atoms with Gasteiger partial charge in [0, 0.05) is 33.0 Å². The predicted octanol–water partition coefficient (Wildman–Crippen LogP) is 1.09. The fourth-order valence-corrected chi connectivity index (χ4v) is 1.78. The van der Waals surface area contributed by atoms with Gasteiger partial charge in [-0.15, -0.1) is 0 Å². The summed E-state index contributed by atoms with van der Waals surface area (Å²) in [5.41, 5.74) is 1.14. The molecule has 0 aromatic heterocycles. The molecule has 0 spiro atoms. The zero-order chi connectivity index (χ0) is 15.5. The topological polar surface area (TPSA) is 74.6 Å². The van der Waals surface area contributed by atoms with Crippen LogP contribution < -0.4 is 5.32 Å². The Morgan fingerprint density at radius 2 is 1.95 bits per heavy atom. The number of nitrogens with one attached hydrogen (secondary N) is 1. The standard InChI is InChI=1S/C15H21N3O3/c1-20-8-6-18(7-9-21-2)12-15(19)17-14-5-3-4-13(10-14)11-16/h3-5,10H,6-9,12H2,1-2H3,(H,17,19). The Balaban J connectivity index is 2.53. The van der Waals surface area contributed by atoms with Gasteiger partial charge in [-0.3, -0.25) is 9.69 Å². The second kappa shape index (κ2) is 9.88. The van der Waals surface area contributed by atoms with Crippen LogP contribution in [-0.2, 0) is 14.3 Å². The summed E-state index contributed by atoms with van der Waals surface area (Å²) < 4.78 is 10.1. The van der Waals surface area contributed by atoms with E-state index in [0.29, 0.717) is 37.6 Å². The molecule has 21 heavy (non-hydrogen) atoms. The summed E-state index contributed by atoms with van der Waals surface area (Å²) in [6, 6.07) is 8.88. The van der Waals surface area contributed by atoms with Gasteiger partial charge in [-0.05, 0) is 18.2 Å². The van der Waals surface area contributed by atoms with E-state index in [2.05, 4.69) is 5.32 Å². The highest BCUT2D eigenvalue weighted by Crippen LogP contribution is 2.09. The molecule has 0 aliphatic heterocycles. The van der Waals surface area contributed by atoms with Crippen molar-refractivity contribution in [2.24, 2.45) is 0 Å². The van der Waals surface area contributed by atoms with Crippen LogP contribution in [0.3, 0.4) is 0 Å². The Kier molecular flexibility index (Phi) is 8.05. The first-order valence-corrected chi connectivity index (χ1v) is 6.70. The normalized spacial score (nSPS) is 10.4. The maximum absolute atomic E-state index is 12.0. The molecule has 0 bridgehead atoms. The molecule has 1 N–H and O–H groups in total. The van der Waals surface area contributed by atoms with Crippen molar-refractivity contribution in [1.29, 1.82) is 5.26 Å². The van der Waals surface area contributed by atoms with Crippen LogP contribution >= 0.6 is 0 Å². The fraction of sp³-hybridized carbons (Fsp3) is 0.467. The summed E-state index contributed by atoms with van der Waals surface area (Å²) in [5.74, 6) is -0.128. The van der Waals surface area contributed by atoms with Crippen LogP contribution in [-0.4, -0.2) is 57.9 Å². The number of amides is 1. The van der Waals surface area contributed by atoms with Gasteiger partial charge in [-0.25, -0.2) is 0 Å². The number of hydrogen-bond donors (Lipinski definition) is 1. The van der Waals surface area contributed by atoms with Crippen molar-refractivity contribution in [2.75, 3.05) is 52.4 Å². The molecule has 0 aliphatic rings. The summed E-state index contributed by atoms with van der Waals surface area (Å²) >= 11 is 0. The largest absolute Gasteiger partial charge is 0.383 e. The summed E-state index contributed by atoms with van der Waals surface area (Å²) in [7, 11) is 3.25. The monoisotopic (exact) mass is 291 g/mol. The summed E-state index contributed by atoms with van der Waals surface area (Å²) in [6.45, 7) is 2.68. The summed E-state index contributed by atoms with van der Waals surface area (Å²) in [4.78, 5) is 14.0. The maximum Gasteiger partial charge on any atom is 0.238 e. The Labute approximate surface area is 125 Å². The van der Waals surface area contributed by atoms with Crippen LogP contribution in [0.5, 0.6) is 0 Å². The lowest BCUT2D eigenvalue weighted by Crippen LogP contribution is -2.37. The third-order valence-electron chi connectivity index (χ3n) is 2.87. The van der Waals surface area contributed by atoms with Crippen LogP contribution in [0, 0.1) is 11.3 Å². The van der Waals surface area contributed by atoms with Gasteiger partial charge in [0.2, 0.25) is 5.91 Å². The Morgan fingerprint density at radius 3 is 2.52 bits per heavy atom. The molecule has 0 aliphatic carbocycles. The SMILES string of the molecule is COCCN(CCOC)CC(=O)Nc1cccc(C#N)c1. The molecule has 0 radical (unpaired) electrons. The van der Waals surface area contributed by atoms with E-state index < -0.39 is 0 Å². The molecule has 6 heteroatoms. The van der Waals surface area contributed by atoms with Gasteiger partial charge in [0.15, 0.2) is 0 Å². The smallest absolute Gasteiger partial charge is 0.238 e. The number of rotatable bonds is 9. The van der Waals surface area contributed by atoms with Crippen molar-refractivity contribution in [2.45, 2.75) is 0 Å². The van der Waals surface area contributed by atoms with Crippen molar-refractivity contribution in [3.05, 3.63) is 29.8 Å². The van der Waals surface area contributed by atoms with Gasteiger partial charge in [-0.1, -0.05) is 6.07 Å². The van der Waals surface area contributed by atoms with Gasteiger partial charge >= 0.3 is 0 Å². The number of methoxy groups -OCH3 is 2. The average molecular weight is 291 g/mol. The first-order chi connectivity index (χ1) is 10.2. The van der Waals surface area contributed by atoms with E-state index >= 15 is 0 Å². The molecule has 0 atom stereocenters. The molecule has 1 amide bonds. The lowest BCUT2D eigenvalue weighted by Gasteiger charge is -2.20. The number of nitriles is 1. The average Bonchev–Trinajstić information content (AvgIpc) is 2.50. The zero-order valence-electron chi connectivity index (χ0n) is 12.5. The molecule has 1 aromatic rings. The van der Waals surface area contributed by atoms with E-state index in [0.717, 1.165) is 0 Å². The van der Waals surface area contributed by atoms with Crippen molar-refractivity contribution in [1.82, 2.24) is 4.90 Å². The van der Waals surface area contributed by atoms with Gasteiger partial charge in [0.25, 0.3) is 0 Å². The van der Waals surface area contributed by atoms with Gasteiger partial charge < -0.3 is 14.8 Å². The van der Waals surface area contributed by atoms with Gasteiger partial charge in [-0.2, -0.15) is 5.26 Å². The van der Waals surface area contributed by atoms with Gasteiger partial charge in [0.1, 0.15) is 0 Å². The molecule has 1 rings (SSSR count). The van der Waals surface area contributed by atoms with Crippen molar-refractivity contribution >= 4 is 11.6 Å². The second-order valence-corrected chi connectivity index (χ2v) is 4.50. The number of anilines is 1. The Bertz CT molecular complexity index is 477. The van der Waals surface area contributed by atoms with E-state index in [4.69, 9.17) is 14.7 Å². The first kappa shape index (κ1) is 17.1. The number of nitrogens with zero attached hydrogens (tertiary/aromatic N) is 2. The minimum absolute atomic E-state index is 0.128. The van der Waals surface area contributed by atoms with Crippen LogP contribution in [0.15, 0.2) is 24.3 Å². The fourth-order valence-electron chi connectivity index (χ4n) is 1.78. The molecule has 114 valence electrons. The highest BCUT2D eigenvalue weighted by Gasteiger charge is 2.10. The molecule has 1 aromatic carbocycles. The van der Waals surface area contributed by atoms with Crippen molar-refractivity contribution in [3.8, 4) is 6.07 Å². The molecule has 6 nitrogen and oxygen atoms in total. The molecular weight excluding hydrogens is 270 g/mol. The second-order valence-electron chi connectivity index (χ2n) is 4.50. The first-order valence-electron chi connectivity index (χ1n) is 6.70. The lowest BCUT2D eigenvalue weighted by molar-refractivity contribution is -0.117. The van der Waals surface area contributed by atoms with Crippen molar-refractivity contribution < 1.29 is 14.3 Å². The van der Waals surface area contributed by atoms with E-state index in [1.807, 2.05) is 11.0 Å². The highest BCUT2D eigenvalue weighted by atomic mass is 16.5. The molecule has 0 saturated heterocycles. The predicted molar refractivity (Wildman–Crippen MR) is 80.0 cm³/mol. The number of ether oxygens (including phenoxy) is 2. The Morgan fingerprint density at radius 1 is 1.29 bits per heavy atom. The molecule has 0 fully saturated rings. The number of benzene rings is 1. The Hall–Kier alpha value is -1.94.